The van der Waals surface area contributed by atoms with E-state index >= 15 is 0 Å². The molecule has 0 unspecified atom stereocenters. The molecule has 3 N–H and O–H groups in total. The Kier molecular flexibility index (Phi) is 5.58. The fraction of sp³-hybridized carbons (Fsp3) is 0.350. The molecule has 1 aliphatic heterocycles. The lowest BCUT2D eigenvalue weighted by molar-refractivity contribution is -0.137. The van der Waals surface area contributed by atoms with E-state index in [4.69, 9.17) is 4.74 Å². The molecule has 4 rings (SSSR count). The van der Waals surface area contributed by atoms with Crippen molar-refractivity contribution < 1.29 is 19.3 Å². The summed E-state index contributed by atoms with van der Waals surface area (Å²) in [5.41, 5.74) is 0.399. The Morgan fingerprint density at radius 3 is 2.53 bits per heavy atom. The molecule has 10 heteroatoms. The summed E-state index contributed by atoms with van der Waals surface area (Å²) in [7, 11) is 0. The molecule has 1 fully saturated rings. The average Bonchev–Trinajstić information content (AvgIpc) is 3.12. The van der Waals surface area contributed by atoms with Gasteiger partial charge in [-0.05, 0) is 31.9 Å². The lowest BCUT2D eigenvalue weighted by Crippen LogP contribution is -2.28. The van der Waals surface area contributed by atoms with E-state index < -0.39 is 11.7 Å². The highest BCUT2D eigenvalue weighted by Gasteiger charge is 2.30. The molecule has 1 aliphatic rings. The molecule has 1 saturated heterocycles. The Balaban J connectivity index is 0.00000272. The zero-order chi connectivity index (χ0) is 21.1. The number of hydrogen-bond acceptors (Lipinski definition) is 6. The zero-order valence-electron chi connectivity index (χ0n) is 16.3. The topological polar surface area (TPSA) is 87.8 Å². The molecular weight excluding hydrogens is 397 g/mol. The number of nitrogens with zero attached hydrogens (tertiary/aromatic N) is 3. The molecule has 0 aliphatic carbocycles. The Labute approximate surface area is 172 Å². The van der Waals surface area contributed by atoms with Gasteiger partial charge in [0.05, 0.1) is 5.56 Å². The van der Waals surface area contributed by atoms with Crippen LogP contribution in [0.2, 0.25) is 0 Å². The number of rotatable bonds is 5. The Hall–Kier alpha value is -3.14. The third-order valence-corrected chi connectivity index (χ3v) is 4.71. The lowest BCUT2D eigenvalue weighted by atomic mass is 10.1. The summed E-state index contributed by atoms with van der Waals surface area (Å²) >= 11 is 0. The molecule has 3 aromatic rings. The Morgan fingerprint density at radius 2 is 1.83 bits per heavy atom. The van der Waals surface area contributed by atoms with Crippen LogP contribution in [-0.2, 0) is 10.9 Å². The first-order chi connectivity index (χ1) is 14.4. The number of ether oxygens (including phenoxy) is 1. The molecule has 0 bridgehead atoms. The first-order valence-corrected chi connectivity index (χ1v) is 9.57. The largest absolute Gasteiger partial charge is 0.416 e. The normalized spacial score (nSPS) is 15.2. The molecule has 3 heterocycles. The van der Waals surface area contributed by atoms with Crippen molar-refractivity contribution in [3.05, 3.63) is 47.7 Å². The first kappa shape index (κ1) is 20.1. The average molecular weight is 420 g/mol. The third-order valence-electron chi connectivity index (χ3n) is 4.71. The van der Waals surface area contributed by atoms with Crippen LogP contribution in [0.5, 0.6) is 0 Å². The second kappa shape index (κ2) is 8.31. The van der Waals surface area contributed by atoms with Gasteiger partial charge in [0.2, 0.25) is 0 Å². The van der Waals surface area contributed by atoms with Crippen molar-refractivity contribution in [2.75, 3.05) is 23.8 Å². The minimum absolute atomic E-state index is 0. The van der Waals surface area contributed by atoms with Gasteiger partial charge >= 0.3 is 6.18 Å². The fourth-order valence-electron chi connectivity index (χ4n) is 3.21. The van der Waals surface area contributed by atoms with Gasteiger partial charge in [0, 0.05) is 44.1 Å². The smallest absolute Gasteiger partial charge is 0.381 e. The molecule has 2 aromatic heterocycles. The van der Waals surface area contributed by atoms with Crippen LogP contribution in [0.15, 0.2) is 36.4 Å². The van der Waals surface area contributed by atoms with E-state index in [0.29, 0.717) is 30.7 Å². The van der Waals surface area contributed by atoms with Gasteiger partial charge in [0.25, 0.3) is 0 Å². The quantitative estimate of drug-likeness (QED) is 0.551. The van der Waals surface area contributed by atoms with Crippen molar-refractivity contribution in [2.45, 2.75) is 32.0 Å². The summed E-state index contributed by atoms with van der Waals surface area (Å²) in [6.45, 7) is 3.17. The van der Waals surface area contributed by atoms with Gasteiger partial charge in [-0.1, -0.05) is 12.1 Å². The highest BCUT2D eigenvalue weighted by atomic mass is 19.4. The van der Waals surface area contributed by atoms with Crippen LogP contribution >= 0.6 is 0 Å². The number of aromatic amines is 1. The summed E-state index contributed by atoms with van der Waals surface area (Å²) in [6, 6.07) is 8.68. The summed E-state index contributed by atoms with van der Waals surface area (Å²) in [5, 5.41) is 13.4. The Morgan fingerprint density at radius 1 is 1.07 bits per heavy atom. The van der Waals surface area contributed by atoms with Crippen LogP contribution in [0.25, 0.3) is 11.4 Å². The minimum Gasteiger partial charge on any atom is -0.381 e. The first-order valence-electron chi connectivity index (χ1n) is 9.57. The van der Waals surface area contributed by atoms with Gasteiger partial charge in [-0.2, -0.15) is 18.3 Å². The maximum atomic E-state index is 13.2. The van der Waals surface area contributed by atoms with Crippen molar-refractivity contribution >= 4 is 17.5 Å². The summed E-state index contributed by atoms with van der Waals surface area (Å²) in [5.74, 6) is 1.70. The van der Waals surface area contributed by atoms with E-state index in [1.54, 1.807) is 18.2 Å². The summed E-state index contributed by atoms with van der Waals surface area (Å²) < 4.78 is 44.8. The van der Waals surface area contributed by atoms with E-state index in [2.05, 4.69) is 30.8 Å². The van der Waals surface area contributed by atoms with E-state index in [9.17, 15) is 13.2 Å². The van der Waals surface area contributed by atoms with Crippen molar-refractivity contribution in [1.82, 2.24) is 20.2 Å². The highest BCUT2D eigenvalue weighted by Crippen LogP contribution is 2.32. The lowest BCUT2D eigenvalue weighted by Gasteiger charge is -2.24. The maximum absolute atomic E-state index is 13.2. The van der Waals surface area contributed by atoms with Crippen LogP contribution in [-0.4, -0.2) is 39.4 Å². The molecule has 0 saturated carbocycles. The van der Waals surface area contributed by atoms with E-state index in [1.165, 1.54) is 6.07 Å². The van der Waals surface area contributed by atoms with Gasteiger partial charge < -0.3 is 15.4 Å². The Bertz CT molecular complexity index is 1020. The molecule has 7 nitrogen and oxygen atoms in total. The molecule has 160 valence electrons. The molecule has 1 aromatic carbocycles. The van der Waals surface area contributed by atoms with Gasteiger partial charge in [-0.25, -0.2) is 9.97 Å². The van der Waals surface area contributed by atoms with Crippen LogP contribution < -0.4 is 10.6 Å². The molecule has 0 radical (unpaired) electrons. The molecule has 0 atom stereocenters. The number of halogens is 3. The number of aryl methyl sites for hydroxylation is 1. The van der Waals surface area contributed by atoms with Crippen LogP contribution in [0.3, 0.4) is 0 Å². The van der Waals surface area contributed by atoms with Crippen molar-refractivity contribution in [3.63, 3.8) is 0 Å². The number of aromatic nitrogens is 4. The van der Waals surface area contributed by atoms with Crippen LogP contribution in [0.1, 0.15) is 25.5 Å². The number of alkyl halides is 3. The van der Waals surface area contributed by atoms with Crippen LogP contribution in [0, 0.1) is 6.92 Å². The van der Waals surface area contributed by atoms with Gasteiger partial charge in [0.1, 0.15) is 11.6 Å². The maximum Gasteiger partial charge on any atom is 0.416 e. The second-order valence-corrected chi connectivity index (χ2v) is 7.13. The second-order valence-electron chi connectivity index (χ2n) is 7.13. The number of benzene rings is 1. The molecular formula is C20H23F3N6O. The monoisotopic (exact) mass is 420 g/mol. The molecule has 0 amide bonds. The van der Waals surface area contributed by atoms with E-state index in [0.717, 1.165) is 30.7 Å². The number of anilines is 3. The SMILES string of the molecule is Cc1cc(Nc2cc(NC3CCOCC3)nc(-c3cccc(C(F)(F)F)c3)n2)n[nH]1.[HH]. The van der Waals surface area contributed by atoms with Crippen LogP contribution in [0.4, 0.5) is 30.6 Å². The van der Waals surface area contributed by atoms with Crippen molar-refractivity contribution in [3.8, 4) is 11.4 Å². The van der Waals surface area contributed by atoms with E-state index in [1.807, 2.05) is 6.92 Å². The van der Waals surface area contributed by atoms with Gasteiger partial charge in [-0.3, -0.25) is 5.10 Å². The third kappa shape index (κ3) is 4.88. The zero-order valence-corrected chi connectivity index (χ0v) is 16.3. The number of nitrogens with one attached hydrogen (secondary N) is 3. The predicted octanol–water partition coefficient (Wildman–Crippen LogP) is 4.77. The molecule has 0 spiro atoms. The number of hydrogen-bond donors (Lipinski definition) is 3. The van der Waals surface area contributed by atoms with Gasteiger partial charge in [0.15, 0.2) is 11.6 Å². The molecule has 30 heavy (non-hydrogen) atoms. The minimum atomic E-state index is -4.44. The predicted molar refractivity (Wildman–Crippen MR) is 109 cm³/mol. The summed E-state index contributed by atoms with van der Waals surface area (Å²) in [6.07, 6.45) is -2.80. The highest BCUT2D eigenvalue weighted by molar-refractivity contribution is 5.64. The number of H-pyrrole nitrogens is 1. The van der Waals surface area contributed by atoms with Crippen molar-refractivity contribution in [2.24, 2.45) is 0 Å². The van der Waals surface area contributed by atoms with Gasteiger partial charge in [-0.15, -0.1) is 0 Å². The van der Waals surface area contributed by atoms with Crippen molar-refractivity contribution in [1.29, 1.82) is 0 Å². The standard InChI is InChI=1S/C20H21F3N6O.H2/c1-12-9-18(29-28-12)25-17-11-16(24-15-5-7-30-8-6-15)26-19(27-17)13-3-2-4-14(10-13)20(21,22)23;/h2-4,9-11,15H,5-8H2,1H3,(H3,24,25,26,27,28,29);1H. The fourth-order valence-corrected chi connectivity index (χ4v) is 3.21. The summed E-state index contributed by atoms with van der Waals surface area (Å²) in [4.78, 5) is 8.89. The van der Waals surface area contributed by atoms with E-state index in [-0.39, 0.29) is 18.9 Å².